The van der Waals surface area contributed by atoms with Gasteiger partial charge >= 0.3 is 15.5 Å². The van der Waals surface area contributed by atoms with Crippen LogP contribution in [-0.4, -0.2) is 36.7 Å². The fourth-order valence-electron chi connectivity index (χ4n) is 3.00. The topological polar surface area (TPSA) is 99.9 Å². The maximum atomic E-state index is 12.9. The van der Waals surface area contributed by atoms with Crippen LogP contribution in [0.5, 0.6) is 0 Å². The van der Waals surface area contributed by atoms with Crippen LogP contribution in [0.1, 0.15) is 25.8 Å². The second-order valence-electron chi connectivity index (χ2n) is 6.14. The molecular formula is C15H17F3N6O2S2. The number of halogens is 3. The first kappa shape index (κ1) is 20.5. The summed E-state index contributed by atoms with van der Waals surface area (Å²) in [7, 11) is -5.61. The first-order valence-corrected chi connectivity index (χ1v) is 10.7. The molecule has 2 aromatic rings. The standard InChI is InChI=1S/C15H17F3N6O2S2/c1-3-24-9(2)4-5-10-6-11(20-22-14-21-19-8-27-14)12(7-13(10)24)23-28(25,26)15(16,17)18/h6-9,23H,3-5H2,1-2H3. The number of azo groups is 1. The molecule has 13 heteroatoms. The van der Waals surface area contributed by atoms with Crippen molar-refractivity contribution in [1.29, 1.82) is 0 Å². The fraction of sp³-hybridized carbons (Fsp3) is 0.467. The first-order valence-electron chi connectivity index (χ1n) is 8.33. The van der Waals surface area contributed by atoms with Gasteiger partial charge in [0.05, 0.1) is 5.69 Å². The van der Waals surface area contributed by atoms with Crippen LogP contribution < -0.4 is 9.62 Å². The third-order valence-corrected chi connectivity index (χ3v) is 6.02. The summed E-state index contributed by atoms with van der Waals surface area (Å²) in [5.41, 5.74) is -2.80. The largest absolute Gasteiger partial charge is 0.516 e. The highest BCUT2D eigenvalue weighted by molar-refractivity contribution is 7.93. The Bertz CT molecular complexity index is 976. The van der Waals surface area contributed by atoms with E-state index in [1.807, 2.05) is 18.7 Å². The number of hydrogen-bond donors (Lipinski definition) is 1. The lowest BCUT2D eigenvalue weighted by atomic mass is 9.95. The van der Waals surface area contributed by atoms with E-state index in [0.29, 0.717) is 18.7 Å². The Kier molecular flexibility index (Phi) is 5.57. The summed E-state index contributed by atoms with van der Waals surface area (Å²) < 4.78 is 63.5. The third-order valence-electron chi connectivity index (χ3n) is 4.35. The molecule has 0 amide bonds. The van der Waals surface area contributed by atoms with Crippen LogP contribution in [-0.2, 0) is 16.4 Å². The molecule has 1 atom stereocenters. The number of sulfonamides is 1. The Morgan fingerprint density at radius 3 is 2.71 bits per heavy atom. The Labute approximate surface area is 163 Å². The van der Waals surface area contributed by atoms with Crippen LogP contribution in [0.2, 0.25) is 0 Å². The fourth-order valence-corrected chi connectivity index (χ4v) is 3.94. The maximum Gasteiger partial charge on any atom is 0.516 e. The highest BCUT2D eigenvalue weighted by Crippen LogP contribution is 2.40. The maximum absolute atomic E-state index is 12.9. The van der Waals surface area contributed by atoms with Gasteiger partial charge in [0, 0.05) is 18.3 Å². The number of nitrogens with zero attached hydrogens (tertiary/aromatic N) is 5. The molecule has 2 heterocycles. The number of benzene rings is 1. The van der Waals surface area contributed by atoms with Crippen LogP contribution in [0.15, 0.2) is 27.9 Å². The summed E-state index contributed by atoms with van der Waals surface area (Å²) in [6.45, 7) is 4.56. The summed E-state index contributed by atoms with van der Waals surface area (Å²) >= 11 is 1.09. The van der Waals surface area contributed by atoms with E-state index in [1.165, 1.54) is 11.6 Å². The second-order valence-corrected chi connectivity index (χ2v) is 8.63. The molecule has 0 aliphatic carbocycles. The van der Waals surface area contributed by atoms with Gasteiger partial charge in [-0.05, 0) is 44.4 Å². The highest BCUT2D eigenvalue weighted by Gasteiger charge is 2.46. The second kappa shape index (κ2) is 7.62. The lowest BCUT2D eigenvalue weighted by molar-refractivity contribution is -0.0429. The van der Waals surface area contributed by atoms with Crippen molar-refractivity contribution >= 4 is 43.6 Å². The molecule has 1 unspecified atom stereocenters. The Morgan fingerprint density at radius 2 is 2.11 bits per heavy atom. The smallest absolute Gasteiger partial charge is 0.369 e. The van der Waals surface area contributed by atoms with Gasteiger partial charge in [0.15, 0.2) is 0 Å². The van der Waals surface area contributed by atoms with E-state index in [4.69, 9.17) is 0 Å². The molecule has 1 aromatic heterocycles. The molecule has 0 fully saturated rings. The van der Waals surface area contributed by atoms with Crippen molar-refractivity contribution in [2.75, 3.05) is 16.2 Å². The van der Waals surface area contributed by atoms with E-state index in [-0.39, 0.29) is 22.5 Å². The quantitative estimate of drug-likeness (QED) is 0.704. The predicted molar refractivity (Wildman–Crippen MR) is 99.9 cm³/mol. The molecule has 1 aliphatic rings. The van der Waals surface area contributed by atoms with Gasteiger partial charge in [-0.3, -0.25) is 4.72 Å². The lowest BCUT2D eigenvalue weighted by Crippen LogP contribution is -2.37. The Morgan fingerprint density at radius 1 is 1.36 bits per heavy atom. The molecule has 152 valence electrons. The molecule has 28 heavy (non-hydrogen) atoms. The lowest BCUT2D eigenvalue weighted by Gasteiger charge is -2.36. The normalized spacial score (nSPS) is 17.8. The molecule has 1 aliphatic heterocycles. The van der Waals surface area contributed by atoms with E-state index in [1.54, 1.807) is 10.8 Å². The average molecular weight is 434 g/mol. The zero-order valence-electron chi connectivity index (χ0n) is 14.9. The number of fused-ring (bicyclic) bond motifs is 1. The van der Waals surface area contributed by atoms with Crippen molar-refractivity contribution in [3.05, 3.63) is 23.2 Å². The Balaban J connectivity index is 2.09. The van der Waals surface area contributed by atoms with Crippen LogP contribution in [0, 0.1) is 0 Å². The van der Waals surface area contributed by atoms with Gasteiger partial charge in [-0.2, -0.15) is 21.6 Å². The number of aromatic nitrogens is 2. The van der Waals surface area contributed by atoms with Crippen molar-refractivity contribution in [3.63, 3.8) is 0 Å². The number of hydrogen-bond acceptors (Lipinski definition) is 8. The number of rotatable bonds is 5. The number of anilines is 2. The summed E-state index contributed by atoms with van der Waals surface area (Å²) in [6, 6.07) is 3.12. The Hall–Kier alpha value is -2.28. The van der Waals surface area contributed by atoms with Gasteiger partial charge in [-0.15, -0.1) is 20.4 Å². The average Bonchev–Trinajstić information content (AvgIpc) is 3.12. The van der Waals surface area contributed by atoms with Crippen molar-refractivity contribution in [2.24, 2.45) is 10.2 Å². The first-order chi connectivity index (χ1) is 13.1. The van der Waals surface area contributed by atoms with Crippen LogP contribution >= 0.6 is 11.3 Å². The van der Waals surface area contributed by atoms with Crippen LogP contribution in [0.3, 0.4) is 0 Å². The summed E-state index contributed by atoms with van der Waals surface area (Å²) in [5.74, 6) is 0. The molecule has 1 N–H and O–H groups in total. The molecule has 8 nitrogen and oxygen atoms in total. The van der Waals surface area contributed by atoms with Crippen molar-refractivity contribution in [3.8, 4) is 0 Å². The van der Waals surface area contributed by atoms with E-state index < -0.39 is 15.5 Å². The van der Waals surface area contributed by atoms with Gasteiger partial charge in [0.25, 0.3) is 5.13 Å². The zero-order chi connectivity index (χ0) is 20.5. The minimum Gasteiger partial charge on any atom is -0.369 e. The summed E-state index contributed by atoms with van der Waals surface area (Å²) in [5, 5.41) is 15.2. The molecule has 0 spiro atoms. The molecule has 0 saturated heterocycles. The molecule has 0 radical (unpaired) electrons. The zero-order valence-corrected chi connectivity index (χ0v) is 16.6. The summed E-state index contributed by atoms with van der Waals surface area (Å²) in [6.07, 6.45) is 1.56. The molecule has 1 aromatic carbocycles. The minimum absolute atomic E-state index is 0.0209. The predicted octanol–water partition coefficient (Wildman–Crippen LogP) is 4.38. The third kappa shape index (κ3) is 4.09. The van der Waals surface area contributed by atoms with Gasteiger partial charge < -0.3 is 4.90 Å². The molecule has 0 bridgehead atoms. The van der Waals surface area contributed by atoms with E-state index in [9.17, 15) is 21.6 Å². The SMILES string of the molecule is CCN1c2cc(NS(=O)(=O)C(F)(F)F)c(N=Nc3nncs3)cc2CCC1C. The van der Waals surface area contributed by atoms with Crippen molar-refractivity contribution in [1.82, 2.24) is 10.2 Å². The van der Waals surface area contributed by atoms with E-state index in [0.717, 1.165) is 23.3 Å². The molecular weight excluding hydrogens is 417 g/mol. The van der Waals surface area contributed by atoms with Gasteiger partial charge in [-0.25, -0.2) is 0 Å². The van der Waals surface area contributed by atoms with Crippen molar-refractivity contribution in [2.45, 2.75) is 38.2 Å². The van der Waals surface area contributed by atoms with E-state index in [2.05, 4.69) is 20.4 Å². The molecule has 3 rings (SSSR count). The molecule has 0 saturated carbocycles. The van der Waals surface area contributed by atoms with Gasteiger partial charge in [0.2, 0.25) is 0 Å². The van der Waals surface area contributed by atoms with Crippen LogP contribution in [0.25, 0.3) is 0 Å². The monoisotopic (exact) mass is 434 g/mol. The number of nitrogens with one attached hydrogen (secondary N) is 1. The van der Waals surface area contributed by atoms with Gasteiger partial charge in [0.1, 0.15) is 11.2 Å². The number of aryl methyl sites for hydroxylation is 1. The van der Waals surface area contributed by atoms with E-state index >= 15 is 0 Å². The van der Waals surface area contributed by atoms with Gasteiger partial charge in [-0.1, -0.05) is 11.3 Å². The summed E-state index contributed by atoms with van der Waals surface area (Å²) in [4.78, 5) is 2.01. The van der Waals surface area contributed by atoms with Crippen molar-refractivity contribution < 1.29 is 21.6 Å². The highest BCUT2D eigenvalue weighted by atomic mass is 32.2. The number of alkyl halides is 3. The van der Waals surface area contributed by atoms with Crippen LogP contribution in [0.4, 0.5) is 35.4 Å². The minimum atomic E-state index is -5.61.